The quantitative estimate of drug-likeness (QED) is 0.734. The molecule has 0 aliphatic carbocycles. The van der Waals surface area contributed by atoms with Gasteiger partial charge in [-0.2, -0.15) is 5.26 Å². The Bertz CT molecular complexity index is 817. The number of benzene rings is 1. The van der Waals surface area contributed by atoms with Crippen molar-refractivity contribution in [1.82, 2.24) is 4.98 Å². The summed E-state index contributed by atoms with van der Waals surface area (Å²) in [6, 6.07) is 12.0. The molecule has 5 heteroatoms. The summed E-state index contributed by atoms with van der Waals surface area (Å²) in [5, 5.41) is 9.68. The number of nitriles is 1. The third-order valence-electron chi connectivity index (χ3n) is 2.85. The molecule has 0 bridgehead atoms. The SMILES string of the molecule is N#Cc1sc2nc(-c3ccccc3F)ccc2c1N. The molecule has 0 saturated carbocycles. The molecule has 2 N–H and O–H groups in total. The van der Waals surface area contributed by atoms with Crippen LogP contribution in [-0.4, -0.2) is 4.98 Å². The van der Waals surface area contributed by atoms with Crippen molar-refractivity contribution < 1.29 is 4.39 Å². The Labute approximate surface area is 112 Å². The van der Waals surface area contributed by atoms with E-state index in [-0.39, 0.29) is 5.82 Å². The van der Waals surface area contributed by atoms with Gasteiger partial charge in [0.05, 0.1) is 11.4 Å². The first-order chi connectivity index (χ1) is 9.20. The zero-order chi connectivity index (χ0) is 13.4. The first-order valence-electron chi connectivity index (χ1n) is 5.54. The van der Waals surface area contributed by atoms with Crippen molar-refractivity contribution in [3.8, 4) is 17.3 Å². The fourth-order valence-corrected chi connectivity index (χ4v) is 2.79. The maximum atomic E-state index is 13.7. The molecule has 92 valence electrons. The number of hydrogen-bond donors (Lipinski definition) is 1. The van der Waals surface area contributed by atoms with Crippen molar-refractivity contribution in [1.29, 1.82) is 5.26 Å². The van der Waals surface area contributed by atoms with E-state index >= 15 is 0 Å². The second-order valence-corrected chi connectivity index (χ2v) is 4.98. The molecule has 0 saturated heterocycles. The fraction of sp³-hybridized carbons (Fsp3) is 0. The molecular weight excluding hydrogens is 261 g/mol. The van der Waals surface area contributed by atoms with E-state index in [9.17, 15) is 4.39 Å². The third-order valence-corrected chi connectivity index (χ3v) is 3.87. The average molecular weight is 269 g/mol. The smallest absolute Gasteiger partial charge is 0.132 e. The van der Waals surface area contributed by atoms with Gasteiger partial charge in [-0.3, -0.25) is 0 Å². The van der Waals surface area contributed by atoms with Crippen molar-refractivity contribution in [3.63, 3.8) is 0 Å². The number of anilines is 1. The zero-order valence-electron chi connectivity index (χ0n) is 9.72. The molecule has 0 fully saturated rings. The summed E-state index contributed by atoms with van der Waals surface area (Å²) in [6.45, 7) is 0. The van der Waals surface area contributed by atoms with Gasteiger partial charge in [-0.05, 0) is 24.3 Å². The first-order valence-corrected chi connectivity index (χ1v) is 6.36. The lowest BCUT2D eigenvalue weighted by Gasteiger charge is -2.02. The minimum atomic E-state index is -0.320. The van der Waals surface area contributed by atoms with E-state index < -0.39 is 0 Å². The highest BCUT2D eigenvalue weighted by atomic mass is 32.1. The Morgan fingerprint density at radius 2 is 2.00 bits per heavy atom. The summed E-state index contributed by atoms with van der Waals surface area (Å²) in [5.74, 6) is -0.320. The summed E-state index contributed by atoms with van der Waals surface area (Å²) >= 11 is 1.22. The summed E-state index contributed by atoms with van der Waals surface area (Å²) in [7, 11) is 0. The van der Waals surface area contributed by atoms with Gasteiger partial charge in [0.2, 0.25) is 0 Å². The molecule has 0 aliphatic heterocycles. The van der Waals surface area contributed by atoms with Crippen LogP contribution in [0.1, 0.15) is 4.88 Å². The van der Waals surface area contributed by atoms with Crippen LogP contribution in [0.15, 0.2) is 36.4 Å². The van der Waals surface area contributed by atoms with E-state index in [1.165, 1.54) is 17.4 Å². The third kappa shape index (κ3) is 1.83. The number of halogens is 1. The topological polar surface area (TPSA) is 62.7 Å². The van der Waals surface area contributed by atoms with Crippen LogP contribution in [0, 0.1) is 17.1 Å². The average Bonchev–Trinajstić information content (AvgIpc) is 2.75. The van der Waals surface area contributed by atoms with Crippen LogP contribution in [0.5, 0.6) is 0 Å². The van der Waals surface area contributed by atoms with E-state index in [4.69, 9.17) is 11.0 Å². The molecule has 0 radical (unpaired) electrons. The Kier molecular flexibility index (Phi) is 2.65. The van der Waals surface area contributed by atoms with Gasteiger partial charge < -0.3 is 5.73 Å². The predicted octanol–water partition coefficient (Wildman–Crippen LogP) is 3.56. The van der Waals surface area contributed by atoms with Gasteiger partial charge >= 0.3 is 0 Å². The Balaban J connectivity index is 2.23. The van der Waals surface area contributed by atoms with Crippen LogP contribution in [0.2, 0.25) is 0 Å². The van der Waals surface area contributed by atoms with Crippen molar-refractivity contribution in [2.45, 2.75) is 0 Å². The molecule has 0 aliphatic rings. The van der Waals surface area contributed by atoms with E-state index in [1.807, 2.05) is 6.07 Å². The summed E-state index contributed by atoms with van der Waals surface area (Å²) in [4.78, 5) is 5.47. The number of fused-ring (bicyclic) bond motifs is 1. The molecule has 2 aromatic heterocycles. The van der Waals surface area contributed by atoms with E-state index in [0.717, 1.165) is 5.39 Å². The maximum Gasteiger partial charge on any atom is 0.132 e. The van der Waals surface area contributed by atoms with Gasteiger partial charge in [-0.25, -0.2) is 9.37 Å². The van der Waals surface area contributed by atoms with E-state index in [1.54, 1.807) is 30.3 Å². The van der Waals surface area contributed by atoms with Gasteiger partial charge in [0.1, 0.15) is 21.6 Å². The van der Waals surface area contributed by atoms with Crippen molar-refractivity contribution >= 4 is 27.2 Å². The Morgan fingerprint density at radius 1 is 1.21 bits per heavy atom. The minimum absolute atomic E-state index is 0.320. The number of pyridine rings is 1. The Morgan fingerprint density at radius 3 is 2.74 bits per heavy atom. The van der Waals surface area contributed by atoms with Crippen molar-refractivity contribution in [2.24, 2.45) is 0 Å². The van der Waals surface area contributed by atoms with Crippen LogP contribution in [0.4, 0.5) is 10.1 Å². The number of hydrogen-bond acceptors (Lipinski definition) is 4. The highest BCUT2D eigenvalue weighted by Crippen LogP contribution is 2.33. The van der Waals surface area contributed by atoms with Gasteiger partial charge in [-0.1, -0.05) is 12.1 Å². The highest BCUT2D eigenvalue weighted by Gasteiger charge is 2.12. The van der Waals surface area contributed by atoms with Crippen LogP contribution in [0.25, 0.3) is 21.5 Å². The summed E-state index contributed by atoms with van der Waals surface area (Å²) < 4.78 is 13.7. The molecule has 2 heterocycles. The van der Waals surface area contributed by atoms with E-state index in [2.05, 4.69) is 4.98 Å². The van der Waals surface area contributed by atoms with Crippen molar-refractivity contribution in [2.75, 3.05) is 5.73 Å². The van der Waals surface area contributed by atoms with Crippen molar-refractivity contribution in [3.05, 3.63) is 47.1 Å². The number of aromatic nitrogens is 1. The normalized spacial score (nSPS) is 10.5. The number of nitrogens with zero attached hydrogens (tertiary/aromatic N) is 2. The number of rotatable bonds is 1. The fourth-order valence-electron chi connectivity index (χ4n) is 1.90. The molecule has 3 rings (SSSR count). The molecule has 1 aromatic carbocycles. The van der Waals surface area contributed by atoms with Gasteiger partial charge in [0.15, 0.2) is 0 Å². The summed E-state index contributed by atoms with van der Waals surface area (Å²) in [5.41, 5.74) is 7.26. The molecule has 0 amide bonds. The van der Waals surface area contributed by atoms with Gasteiger partial charge in [0, 0.05) is 10.9 Å². The highest BCUT2D eigenvalue weighted by molar-refractivity contribution is 7.19. The lowest BCUT2D eigenvalue weighted by Crippen LogP contribution is -1.88. The van der Waals surface area contributed by atoms with Gasteiger partial charge in [-0.15, -0.1) is 11.3 Å². The minimum Gasteiger partial charge on any atom is -0.396 e. The standard InChI is InChI=1S/C14H8FN3S/c15-10-4-2-1-3-8(10)11-6-5-9-13(17)12(7-16)19-14(9)18-11/h1-6H,17H2. The van der Waals surface area contributed by atoms with Crippen LogP contribution in [-0.2, 0) is 0 Å². The zero-order valence-corrected chi connectivity index (χ0v) is 10.5. The maximum absolute atomic E-state index is 13.7. The molecule has 3 aromatic rings. The number of nitrogen functional groups attached to an aromatic ring is 1. The molecule has 0 unspecified atom stereocenters. The largest absolute Gasteiger partial charge is 0.396 e. The predicted molar refractivity (Wildman–Crippen MR) is 74.1 cm³/mol. The first kappa shape index (κ1) is 11.6. The summed E-state index contributed by atoms with van der Waals surface area (Å²) in [6.07, 6.45) is 0. The number of thiophene rings is 1. The van der Waals surface area contributed by atoms with Gasteiger partial charge in [0.25, 0.3) is 0 Å². The van der Waals surface area contributed by atoms with Crippen LogP contribution >= 0.6 is 11.3 Å². The lowest BCUT2D eigenvalue weighted by molar-refractivity contribution is 0.631. The second kappa shape index (κ2) is 4.34. The monoisotopic (exact) mass is 269 g/mol. The lowest BCUT2D eigenvalue weighted by atomic mass is 10.1. The van der Waals surface area contributed by atoms with Crippen LogP contribution in [0.3, 0.4) is 0 Å². The molecule has 0 atom stereocenters. The number of nitrogens with two attached hydrogens (primary N) is 1. The molecule has 19 heavy (non-hydrogen) atoms. The second-order valence-electron chi connectivity index (χ2n) is 3.99. The Hall–Kier alpha value is -2.45. The molecular formula is C14H8FN3S. The van der Waals surface area contributed by atoms with Crippen LogP contribution < -0.4 is 5.73 Å². The molecule has 0 spiro atoms. The molecule has 3 nitrogen and oxygen atoms in total. The van der Waals surface area contributed by atoms with E-state index in [0.29, 0.717) is 26.7 Å².